The minimum absolute atomic E-state index is 0.599. The number of nitrogens with zero attached hydrogens (tertiary/aromatic N) is 2. The number of nitrogens with one attached hydrogen (secondary N) is 2. The Bertz CT molecular complexity index is 862. The van der Waals surface area contributed by atoms with Crippen LogP contribution in [0, 0.1) is 13.8 Å². The van der Waals surface area contributed by atoms with Crippen LogP contribution in [0.1, 0.15) is 23.7 Å². The molecule has 0 unspecified atom stereocenters. The summed E-state index contributed by atoms with van der Waals surface area (Å²) < 4.78 is 5.66. The summed E-state index contributed by atoms with van der Waals surface area (Å²) in [5, 5.41) is 6.62. The van der Waals surface area contributed by atoms with Crippen LogP contribution < -0.4 is 15.4 Å². The average molecular weight is 348 g/mol. The second kappa shape index (κ2) is 8.34. The molecule has 0 saturated heterocycles. The van der Waals surface area contributed by atoms with E-state index in [-0.39, 0.29) is 0 Å². The van der Waals surface area contributed by atoms with Gasteiger partial charge in [-0.2, -0.15) is 4.98 Å². The smallest absolute Gasteiger partial charge is 0.225 e. The van der Waals surface area contributed by atoms with Crippen molar-refractivity contribution in [3.05, 3.63) is 71.4 Å². The van der Waals surface area contributed by atoms with Crippen LogP contribution >= 0.6 is 0 Å². The van der Waals surface area contributed by atoms with Gasteiger partial charge in [-0.25, -0.2) is 4.98 Å². The molecule has 5 heteroatoms. The minimum atomic E-state index is 0.599. The van der Waals surface area contributed by atoms with E-state index in [4.69, 9.17) is 4.74 Å². The lowest BCUT2D eigenvalue weighted by Crippen LogP contribution is -2.07. The SMILES string of the molecule is CCOc1ccccc1Nc1cc(C)nc(NCc2ccc(C)cc2)n1. The van der Waals surface area contributed by atoms with Crippen LogP contribution in [0.4, 0.5) is 17.5 Å². The van der Waals surface area contributed by atoms with Gasteiger partial charge in [0.05, 0.1) is 12.3 Å². The maximum atomic E-state index is 5.66. The van der Waals surface area contributed by atoms with Gasteiger partial charge in [-0.1, -0.05) is 42.0 Å². The third kappa shape index (κ3) is 4.72. The van der Waals surface area contributed by atoms with Crippen LogP contribution in [0.5, 0.6) is 5.75 Å². The van der Waals surface area contributed by atoms with Crippen molar-refractivity contribution in [1.82, 2.24) is 9.97 Å². The first-order valence-electron chi connectivity index (χ1n) is 8.78. The Kier molecular flexibility index (Phi) is 5.69. The van der Waals surface area contributed by atoms with Crippen LogP contribution in [0.3, 0.4) is 0 Å². The van der Waals surface area contributed by atoms with Gasteiger partial charge in [0.25, 0.3) is 0 Å². The number of ether oxygens (including phenoxy) is 1. The molecule has 134 valence electrons. The molecule has 3 rings (SSSR count). The fourth-order valence-electron chi connectivity index (χ4n) is 2.59. The number of benzene rings is 2. The molecule has 1 heterocycles. The van der Waals surface area contributed by atoms with Gasteiger partial charge in [-0.3, -0.25) is 0 Å². The van der Waals surface area contributed by atoms with Crippen LogP contribution in [0.2, 0.25) is 0 Å². The lowest BCUT2D eigenvalue weighted by atomic mass is 10.1. The Morgan fingerprint density at radius 1 is 0.962 bits per heavy atom. The Hall–Kier alpha value is -3.08. The van der Waals surface area contributed by atoms with Gasteiger partial charge >= 0.3 is 0 Å². The van der Waals surface area contributed by atoms with Gasteiger partial charge in [0.15, 0.2) is 0 Å². The van der Waals surface area contributed by atoms with E-state index in [2.05, 4.69) is 51.8 Å². The fraction of sp³-hybridized carbons (Fsp3) is 0.238. The molecule has 0 fully saturated rings. The quantitative estimate of drug-likeness (QED) is 0.639. The summed E-state index contributed by atoms with van der Waals surface area (Å²) in [7, 11) is 0. The molecule has 5 nitrogen and oxygen atoms in total. The summed E-state index contributed by atoms with van der Waals surface area (Å²) in [4.78, 5) is 9.05. The standard InChI is InChI=1S/C21H24N4O/c1-4-26-19-8-6-5-7-18(19)24-20-13-16(3)23-21(25-20)22-14-17-11-9-15(2)10-12-17/h5-13H,4,14H2,1-3H3,(H2,22,23,24,25). The van der Waals surface area contributed by atoms with Crippen LogP contribution in [0.25, 0.3) is 0 Å². The maximum absolute atomic E-state index is 5.66. The Labute approximate surface area is 154 Å². The normalized spacial score (nSPS) is 10.4. The minimum Gasteiger partial charge on any atom is -0.492 e. The van der Waals surface area contributed by atoms with Gasteiger partial charge in [0.1, 0.15) is 11.6 Å². The predicted molar refractivity (Wildman–Crippen MR) is 106 cm³/mol. The number of hydrogen-bond acceptors (Lipinski definition) is 5. The van der Waals surface area contributed by atoms with E-state index < -0.39 is 0 Å². The van der Waals surface area contributed by atoms with Crippen LogP contribution in [-0.4, -0.2) is 16.6 Å². The summed E-state index contributed by atoms with van der Waals surface area (Å²) in [6.07, 6.45) is 0. The molecule has 0 amide bonds. The van der Waals surface area contributed by atoms with Gasteiger partial charge in [-0.15, -0.1) is 0 Å². The molecular weight excluding hydrogens is 324 g/mol. The predicted octanol–water partition coefficient (Wildman–Crippen LogP) is 4.85. The molecule has 0 saturated carbocycles. The van der Waals surface area contributed by atoms with Crippen LogP contribution in [-0.2, 0) is 6.54 Å². The average Bonchev–Trinajstić information content (AvgIpc) is 2.63. The summed E-state index contributed by atoms with van der Waals surface area (Å²) in [6.45, 7) is 7.31. The van der Waals surface area contributed by atoms with E-state index in [1.165, 1.54) is 11.1 Å². The van der Waals surface area contributed by atoms with Crippen molar-refractivity contribution in [3.8, 4) is 5.75 Å². The number of hydrogen-bond donors (Lipinski definition) is 2. The van der Waals surface area contributed by atoms with E-state index in [0.717, 1.165) is 22.9 Å². The second-order valence-electron chi connectivity index (χ2n) is 6.11. The molecule has 0 atom stereocenters. The highest BCUT2D eigenvalue weighted by Crippen LogP contribution is 2.27. The van der Waals surface area contributed by atoms with E-state index in [0.29, 0.717) is 19.1 Å². The first-order chi connectivity index (χ1) is 12.6. The first kappa shape index (κ1) is 17.7. The zero-order chi connectivity index (χ0) is 18.4. The first-order valence-corrected chi connectivity index (χ1v) is 8.78. The van der Waals surface area contributed by atoms with Gasteiger partial charge in [0.2, 0.25) is 5.95 Å². The van der Waals surface area contributed by atoms with Crippen molar-refractivity contribution in [2.45, 2.75) is 27.3 Å². The zero-order valence-corrected chi connectivity index (χ0v) is 15.4. The van der Waals surface area contributed by atoms with Crippen molar-refractivity contribution in [2.24, 2.45) is 0 Å². The molecule has 0 bridgehead atoms. The molecule has 0 aliphatic heterocycles. The number of aromatic nitrogens is 2. The number of aryl methyl sites for hydroxylation is 2. The third-order valence-electron chi connectivity index (χ3n) is 3.88. The highest BCUT2D eigenvalue weighted by atomic mass is 16.5. The topological polar surface area (TPSA) is 59.1 Å². The molecule has 0 spiro atoms. The lowest BCUT2D eigenvalue weighted by molar-refractivity contribution is 0.342. The Morgan fingerprint density at radius 3 is 2.50 bits per heavy atom. The van der Waals surface area contributed by atoms with Crippen molar-refractivity contribution in [1.29, 1.82) is 0 Å². The summed E-state index contributed by atoms with van der Waals surface area (Å²) in [5.74, 6) is 2.14. The summed E-state index contributed by atoms with van der Waals surface area (Å²) in [5.41, 5.74) is 4.22. The number of rotatable bonds is 7. The van der Waals surface area contributed by atoms with E-state index >= 15 is 0 Å². The zero-order valence-electron chi connectivity index (χ0n) is 15.4. The molecular formula is C21H24N4O. The maximum Gasteiger partial charge on any atom is 0.225 e. The summed E-state index contributed by atoms with van der Waals surface area (Å²) in [6, 6.07) is 18.2. The van der Waals surface area contributed by atoms with Gasteiger partial charge in [-0.05, 0) is 38.5 Å². The molecule has 0 aliphatic rings. The highest BCUT2D eigenvalue weighted by molar-refractivity contribution is 5.64. The van der Waals surface area contributed by atoms with Crippen molar-refractivity contribution in [3.63, 3.8) is 0 Å². The van der Waals surface area contributed by atoms with Crippen molar-refractivity contribution < 1.29 is 4.74 Å². The van der Waals surface area contributed by atoms with Crippen LogP contribution in [0.15, 0.2) is 54.6 Å². The molecule has 2 N–H and O–H groups in total. The van der Waals surface area contributed by atoms with Gasteiger partial charge < -0.3 is 15.4 Å². The Morgan fingerprint density at radius 2 is 1.73 bits per heavy atom. The highest BCUT2D eigenvalue weighted by Gasteiger charge is 2.06. The molecule has 1 aromatic heterocycles. The fourth-order valence-corrected chi connectivity index (χ4v) is 2.59. The largest absolute Gasteiger partial charge is 0.492 e. The second-order valence-corrected chi connectivity index (χ2v) is 6.11. The third-order valence-corrected chi connectivity index (χ3v) is 3.88. The molecule has 0 radical (unpaired) electrons. The van der Waals surface area contributed by atoms with E-state index in [1.807, 2.05) is 44.2 Å². The van der Waals surface area contributed by atoms with Gasteiger partial charge in [0, 0.05) is 18.3 Å². The van der Waals surface area contributed by atoms with E-state index in [1.54, 1.807) is 0 Å². The molecule has 0 aliphatic carbocycles. The number of para-hydroxylation sites is 2. The van der Waals surface area contributed by atoms with Crippen molar-refractivity contribution in [2.75, 3.05) is 17.2 Å². The monoisotopic (exact) mass is 348 g/mol. The number of anilines is 3. The van der Waals surface area contributed by atoms with E-state index in [9.17, 15) is 0 Å². The summed E-state index contributed by atoms with van der Waals surface area (Å²) >= 11 is 0. The molecule has 3 aromatic rings. The van der Waals surface area contributed by atoms with Crippen molar-refractivity contribution >= 4 is 17.5 Å². The lowest BCUT2D eigenvalue weighted by Gasteiger charge is -2.13. The Balaban J connectivity index is 1.74. The molecule has 26 heavy (non-hydrogen) atoms. The molecule has 2 aromatic carbocycles.